The Morgan fingerprint density at radius 2 is 1.91 bits per heavy atom. The number of fused-ring (bicyclic) bond motifs is 1. The topological polar surface area (TPSA) is 89.0 Å². The number of nitrogens with one attached hydrogen (secondary N) is 2. The van der Waals surface area contributed by atoms with Crippen LogP contribution in [0.15, 0.2) is 59.8 Å². The molecule has 1 amide bonds. The molecule has 0 atom stereocenters. The number of hydrogen-bond donors (Lipinski definition) is 2. The molecule has 2 heterocycles. The molecule has 2 aromatic carbocycles. The SMILES string of the molecule is CC.COc1ncc(Cl)cc1SNc1cccc(-c2ccc3nc(NC(C)=O)ncc3c2)c1F. The van der Waals surface area contributed by atoms with E-state index < -0.39 is 5.82 Å². The number of ether oxygens (including phenoxy) is 1. The van der Waals surface area contributed by atoms with Crippen molar-refractivity contribution >= 4 is 52.0 Å². The summed E-state index contributed by atoms with van der Waals surface area (Å²) in [5, 5.41) is 3.71. The van der Waals surface area contributed by atoms with Gasteiger partial charge in [-0.25, -0.2) is 19.3 Å². The number of aromatic nitrogens is 3. The highest BCUT2D eigenvalue weighted by atomic mass is 35.5. The molecule has 0 saturated heterocycles. The number of nitrogens with zero attached hydrogens (tertiary/aromatic N) is 3. The molecule has 7 nitrogen and oxygen atoms in total. The summed E-state index contributed by atoms with van der Waals surface area (Å²) in [6.07, 6.45) is 3.07. The molecule has 0 aliphatic rings. The van der Waals surface area contributed by atoms with Crippen molar-refractivity contribution in [2.45, 2.75) is 25.7 Å². The first kappa shape index (κ1) is 25.2. The van der Waals surface area contributed by atoms with E-state index in [0.717, 1.165) is 17.3 Å². The van der Waals surface area contributed by atoms with Crippen LogP contribution < -0.4 is 14.8 Å². The van der Waals surface area contributed by atoms with Crippen LogP contribution in [0.1, 0.15) is 20.8 Å². The summed E-state index contributed by atoms with van der Waals surface area (Å²) in [5.74, 6) is -0.0600. The van der Waals surface area contributed by atoms with Crippen LogP contribution in [-0.4, -0.2) is 28.0 Å². The maximum atomic E-state index is 15.3. The first-order chi connectivity index (χ1) is 16.4. The van der Waals surface area contributed by atoms with Crippen molar-refractivity contribution in [3.8, 4) is 17.0 Å². The van der Waals surface area contributed by atoms with Gasteiger partial charge in [0.2, 0.25) is 17.7 Å². The second-order valence-electron chi connectivity index (χ2n) is 6.68. The van der Waals surface area contributed by atoms with Gasteiger partial charge in [-0.2, -0.15) is 0 Å². The lowest BCUT2D eigenvalue weighted by Gasteiger charge is -2.12. The van der Waals surface area contributed by atoms with E-state index in [1.807, 2.05) is 13.8 Å². The number of hydrogen-bond acceptors (Lipinski definition) is 7. The average Bonchev–Trinajstić information content (AvgIpc) is 2.84. The Kier molecular flexibility index (Phi) is 8.61. The van der Waals surface area contributed by atoms with Gasteiger partial charge in [0, 0.05) is 30.3 Å². The minimum absolute atomic E-state index is 0.220. The summed E-state index contributed by atoms with van der Waals surface area (Å²) in [7, 11) is 1.50. The van der Waals surface area contributed by atoms with Gasteiger partial charge < -0.3 is 9.46 Å². The van der Waals surface area contributed by atoms with E-state index in [2.05, 4.69) is 25.0 Å². The molecule has 0 radical (unpaired) electrons. The molecular weight excluding hydrogens is 477 g/mol. The Balaban J connectivity index is 0.00000158. The Hall–Kier alpha value is -3.43. The lowest BCUT2D eigenvalue weighted by atomic mass is 10.0. The molecule has 0 bridgehead atoms. The predicted molar refractivity (Wildman–Crippen MR) is 136 cm³/mol. The van der Waals surface area contributed by atoms with Gasteiger partial charge in [0.05, 0.1) is 28.2 Å². The van der Waals surface area contributed by atoms with Crippen LogP contribution in [0, 0.1) is 5.82 Å². The second-order valence-corrected chi connectivity index (χ2v) is 7.97. The number of rotatable bonds is 6. The van der Waals surface area contributed by atoms with Gasteiger partial charge in [0.15, 0.2) is 5.82 Å². The molecule has 2 N–H and O–H groups in total. The van der Waals surface area contributed by atoms with E-state index in [9.17, 15) is 4.79 Å². The van der Waals surface area contributed by atoms with E-state index in [-0.39, 0.29) is 11.9 Å². The Morgan fingerprint density at radius 1 is 1.12 bits per heavy atom. The predicted octanol–water partition coefficient (Wildman–Crippen LogP) is 6.60. The smallest absolute Gasteiger partial charge is 0.229 e. The monoisotopic (exact) mass is 499 g/mol. The molecular formula is C24H23ClFN5O2S. The Morgan fingerprint density at radius 3 is 2.65 bits per heavy atom. The molecule has 4 rings (SSSR count). The maximum absolute atomic E-state index is 15.3. The normalized spacial score (nSPS) is 10.3. The fraction of sp³-hybridized carbons (Fsp3) is 0.167. The van der Waals surface area contributed by atoms with E-state index in [1.54, 1.807) is 48.7 Å². The summed E-state index contributed by atoms with van der Waals surface area (Å²) < 4.78 is 23.5. The minimum Gasteiger partial charge on any atom is -0.480 e. The molecule has 176 valence electrons. The van der Waals surface area contributed by atoms with Crippen LogP contribution >= 0.6 is 23.5 Å². The lowest BCUT2D eigenvalue weighted by molar-refractivity contribution is -0.114. The minimum atomic E-state index is -0.413. The number of carbonyl (C=O) groups excluding carboxylic acids is 1. The van der Waals surface area contributed by atoms with Crippen LogP contribution in [0.2, 0.25) is 5.02 Å². The molecule has 0 aliphatic carbocycles. The fourth-order valence-electron chi connectivity index (χ4n) is 3.00. The molecule has 4 aromatic rings. The zero-order valence-corrected chi connectivity index (χ0v) is 20.6. The summed E-state index contributed by atoms with van der Waals surface area (Å²) in [6.45, 7) is 5.39. The zero-order chi connectivity index (χ0) is 24.7. The van der Waals surface area contributed by atoms with Crippen LogP contribution in [0.25, 0.3) is 22.0 Å². The average molecular weight is 500 g/mol. The fourth-order valence-corrected chi connectivity index (χ4v) is 4.01. The van der Waals surface area contributed by atoms with Crippen molar-refractivity contribution < 1.29 is 13.9 Å². The quantitative estimate of drug-likeness (QED) is 0.289. The molecule has 0 unspecified atom stereocenters. The van der Waals surface area contributed by atoms with Crippen molar-refractivity contribution in [3.63, 3.8) is 0 Å². The van der Waals surface area contributed by atoms with Crippen LogP contribution in [-0.2, 0) is 4.79 Å². The van der Waals surface area contributed by atoms with Crippen molar-refractivity contribution in [3.05, 3.63) is 65.7 Å². The molecule has 34 heavy (non-hydrogen) atoms. The molecule has 0 aliphatic heterocycles. The second kappa shape index (κ2) is 11.6. The summed E-state index contributed by atoms with van der Waals surface area (Å²) in [6, 6.07) is 12.1. The van der Waals surface area contributed by atoms with Crippen molar-refractivity contribution in [2.24, 2.45) is 0 Å². The third kappa shape index (κ3) is 5.92. The highest BCUT2D eigenvalue weighted by molar-refractivity contribution is 8.00. The van der Waals surface area contributed by atoms with E-state index in [1.165, 1.54) is 20.2 Å². The number of amides is 1. The molecule has 0 saturated carbocycles. The van der Waals surface area contributed by atoms with Crippen LogP contribution in [0.4, 0.5) is 16.0 Å². The summed E-state index contributed by atoms with van der Waals surface area (Å²) in [4.78, 5) is 24.4. The Labute approximate surface area is 206 Å². The number of methoxy groups -OCH3 is 1. The van der Waals surface area contributed by atoms with Gasteiger partial charge in [-0.15, -0.1) is 0 Å². The van der Waals surface area contributed by atoms with Crippen molar-refractivity contribution in [2.75, 3.05) is 17.1 Å². The first-order valence-electron chi connectivity index (χ1n) is 10.4. The van der Waals surface area contributed by atoms with Gasteiger partial charge in [-0.3, -0.25) is 10.1 Å². The van der Waals surface area contributed by atoms with Crippen LogP contribution in [0.3, 0.4) is 0 Å². The van der Waals surface area contributed by atoms with E-state index >= 15 is 4.39 Å². The van der Waals surface area contributed by atoms with E-state index in [0.29, 0.717) is 38.1 Å². The molecule has 0 fully saturated rings. The standard InChI is InChI=1S/C22H17ClFN5O2S.C2H6/c1-12(30)27-22-26-10-14-8-13(6-7-17(14)28-22)16-4-3-5-18(20(16)24)29-32-19-9-15(23)11-25-21(19)31-2;1-2/h3-11,29H,1-2H3,(H,26,27,28,30);1-2H3. The molecule has 10 heteroatoms. The molecule has 0 spiro atoms. The Bertz CT molecular complexity index is 1320. The van der Waals surface area contributed by atoms with Gasteiger partial charge >= 0.3 is 0 Å². The van der Waals surface area contributed by atoms with Crippen molar-refractivity contribution in [1.29, 1.82) is 0 Å². The third-order valence-electron chi connectivity index (χ3n) is 4.43. The lowest BCUT2D eigenvalue weighted by Crippen LogP contribution is -2.08. The highest BCUT2D eigenvalue weighted by Crippen LogP contribution is 2.34. The van der Waals surface area contributed by atoms with Gasteiger partial charge in [-0.1, -0.05) is 43.6 Å². The largest absolute Gasteiger partial charge is 0.480 e. The first-order valence-corrected chi connectivity index (χ1v) is 11.6. The van der Waals surface area contributed by atoms with Gasteiger partial charge in [-0.05, 0) is 41.8 Å². The van der Waals surface area contributed by atoms with Gasteiger partial charge in [0.1, 0.15) is 0 Å². The number of carbonyl (C=O) groups is 1. The summed E-state index contributed by atoms with van der Waals surface area (Å²) in [5.41, 5.74) is 2.02. The number of benzene rings is 2. The van der Waals surface area contributed by atoms with Crippen molar-refractivity contribution in [1.82, 2.24) is 15.0 Å². The number of halogens is 2. The number of pyridine rings is 1. The van der Waals surface area contributed by atoms with Crippen LogP contribution in [0.5, 0.6) is 5.88 Å². The maximum Gasteiger partial charge on any atom is 0.229 e. The zero-order valence-electron chi connectivity index (χ0n) is 19.0. The third-order valence-corrected chi connectivity index (χ3v) is 5.47. The number of anilines is 2. The van der Waals surface area contributed by atoms with E-state index in [4.69, 9.17) is 16.3 Å². The summed E-state index contributed by atoms with van der Waals surface area (Å²) >= 11 is 7.16. The van der Waals surface area contributed by atoms with Gasteiger partial charge in [0.25, 0.3) is 0 Å². The molecule has 2 aromatic heterocycles. The highest BCUT2D eigenvalue weighted by Gasteiger charge is 2.13.